The van der Waals surface area contributed by atoms with E-state index < -0.39 is 11.9 Å². The summed E-state index contributed by atoms with van der Waals surface area (Å²) in [6.45, 7) is 4.92. The summed E-state index contributed by atoms with van der Waals surface area (Å²) in [6.07, 6.45) is -3.20. The van der Waals surface area contributed by atoms with Gasteiger partial charge in [-0.3, -0.25) is 4.79 Å². The van der Waals surface area contributed by atoms with Crippen LogP contribution in [0.3, 0.4) is 0 Å². The summed E-state index contributed by atoms with van der Waals surface area (Å²) in [5.41, 5.74) is 0.713. The first kappa shape index (κ1) is 22.7. The molecule has 0 aliphatic rings. The van der Waals surface area contributed by atoms with E-state index in [4.69, 9.17) is 0 Å². The van der Waals surface area contributed by atoms with E-state index in [2.05, 4.69) is 25.9 Å². The van der Waals surface area contributed by atoms with Gasteiger partial charge in [0.05, 0.1) is 13.1 Å². The van der Waals surface area contributed by atoms with Crippen LogP contribution in [-0.2, 0) is 24.1 Å². The summed E-state index contributed by atoms with van der Waals surface area (Å²) in [7, 11) is 0. The third-order valence-corrected chi connectivity index (χ3v) is 4.55. The van der Waals surface area contributed by atoms with Crippen LogP contribution in [0.1, 0.15) is 43.0 Å². The fraction of sp³-hybridized carbons (Fsp3) is 0.421. The summed E-state index contributed by atoms with van der Waals surface area (Å²) in [4.78, 5) is 19.8. The number of hydrogen-bond acceptors (Lipinski definition) is 4. The van der Waals surface area contributed by atoms with Crippen LogP contribution in [0.4, 0.5) is 18.9 Å². The fourth-order valence-electron chi connectivity index (χ4n) is 2.39. The Bertz CT molecular complexity index is 835. The summed E-state index contributed by atoms with van der Waals surface area (Å²) in [5.74, 6) is 0.432. The van der Waals surface area contributed by atoms with Crippen molar-refractivity contribution in [2.24, 2.45) is 4.99 Å². The minimum Gasteiger partial charge on any atom is -0.357 e. The van der Waals surface area contributed by atoms with E-state index in [0.717, 1.165) is 28.7 Å². The van der Waals surface area contributed by atoms with E-state index in [1.807, 2.05) is 38.1 Å². The van der Waals surface area contributed by atoms with Crippen LogP contribution in [0.15, 0.2) is 34.6 Å². The second-order valence-corrected chi connectivity index (χ2v) is 7.11. The van der Waals surface area contributed by atoms with Crippen LogP contribution in [0.5, 0.6) is 0 Å². The largest absolute Gasteiger partial charge is 0.434 e. The van der Waals surface area contributed by atoms with Gasteiger partial charge in [-0.2, -0.15) is 13.2 Å². The summed E-state index contributed by atoms with van der Waals surface area (Å²) >= 11 is 0.946. The molecule has 0 fully saturated rings. The van der Waals surface area contributed by atoms with Gasteiger partial charge in [0.1, 0.15) is 5.01 Å². The average molecular weight is 427 g/mol. The zero-order valence-electron chi connectivity index (χ0n) is 16.3. The zero-order valence-corrected chi connectivity index (χ0v) is 17.1. The number of anilines is 1. The van der Waals surface area contributed by atoms with Crippen LogP contribution in [0, 0.1) is 0 Å². The molecule has 0 bridgehead atoms. The molecule has 0 unspecified atom stereocenters. The molecule has 0 atom stereocenters. The molecule has 0 aliphatic carbocycles. The van der Waals surface area contributed by atoms with Gasteiger partial charge in [-0.15, -0.1) is 11.3 Å². The monoisotopic (exact) mass is 427 g/mol. The van der Waals surface area contributed by atoms with E-state index in [-0.39, 0.29) is 12.5 Å². The lowest BCUT2D eigenvalue weighted by atomic mass is 10.2. The Labute approximate surface area is 171 Å². The maximum atomic E-state index is 12.6. The van der Waals surface area contributed by atoms with Crippen molar-refractivity contribution in [1.29, 1.82) is 0 Å². The Hall–Kier alpha value is -2.62. The number of guanidine groups is 1. The van der Waals surface area contributed by atoms with Crippen molar-refractivity contribution in [1.82, 2.24) is 15.6 Å². The predicted molar refractivity (Wildman–Crippen MR) is 109 cm³/mol. The predicted octanol–water partition coefficient (Wildman–Crippen LogP) is 4.16. The Morgan fingerprint density at radius 2 is 2.03 bits per heavy atom. The van der Waals surface area contributed by atoms with Gasteiger partial charge in [0.15, 0.2) is 11.7 Å². The minimum atomic E-state index is -4.44. The molecule has 1 amide bonds. The Morgan fingerprint density at radius 1 is 1.24 bits per heavy atom. The van der Waals surface area contributed by atoms with Crippen molar-refractivity contribution in [2.75, 3.05) is 11.9 Å². The number of nitrogens with zero attached hydrogens (tertiary/aromatic N) is 2. The van der Waals surface area contributed by atoms with Gasteiger partial charge >= 0.3 is 6.18 Å². The fourth-order valence-corrected chi connectivity index (χ4v) is 3.13. The lowest BCUT2D eigenvalue weighted by Crippen LogP contribution is -2.36. The summed E-state index contributed by atoms with van der Waals surface area (Å²) in [5, 5.41) is 10.2. The van der Waals surface area contributed by atoms with Gasteiger partial charge in [0.2, 0.25) is 5.91 Å². The number of aromatic nitrogens is 1. The van der Waals surface area contributed by atoms with Gasteiger partial charge in [0, 0.05) is 24.0 Å². The standard InChI is InChI=1S/C19H24F3N5OS/c1-3-6-16(28)26-14-8-5-7-13(9-14)10-24-18(23-4-2)25-11-17-27-15(12-29-17)19(20,21)22/h5,7-9,12H,3-4,6,10-11H2,1-2H3,(H,26,28)(H2,23,24,25). The molecular weight excluding hydrogens is 403 g/mol. The molecule has 0 radical (unpaired) electrons. The number of amides is 1. The van der Waals surface area contributed by atoms with Gasteiger partial charge in [0.25, 0.3) is 0 Å². The molecule has 0 saturated heterocycles. The zero-order chi connectivity index (χ0) is 21.3. The number of carbonyl (C=O) groups is 1. The first-order chi connectivity index (χ1) is 13.8. The van der Waals surface area contributed by atoms with E-state index in [9.17, 15) is 18.0 Å². The van der Waals surface area contributed by atoms with Crippen LogP contribution in [0.2, 0.25) is 0 Å². The van der Waals surface area contributed by atoms with Gasteiger partial charge in [-0.25, -0.2) is 9.98 Å². The molecule has 10 heteroatoms. The van der Waals surface area contributed by atoms with Gasteiger partial charge < -0.3 is 16.0 Å². The molecule has 0 spiro atoms. The molecule has 0 saturated carbocycles. The average Bonchev–Trinajstić information content (AvgIpc) is 3.14. The quantitative estimate of drug-likeness (QED) is 0.437. The summed E-state index contributed by atoms with van der Waals surface area (Å²) < 4.78 is 37.9. The van der Waals surface area contributed by atoms with Gasteiger partial charge in [-0.1, -0.05) is 19.1 Å². The van der Waals surface area contributed by atoms with Crippen molar-refractivity contribution in [3.05, 3.63) is 45.9 Å². The Kier molecular flexibility index (Phi) is 8.44. The lowest BCUT2D eigenvalue weighted by molar-refractivity contribution is -0.140. The van der Waals surface area contributed by atoms with Crippen molar-refractivity contribution < 1.29 is 18.0 Å². The van der Waals surface area contributed by atoms with E-state index in [0.29, 0.717) is 36.2 Å². The number of halogens is 3. The maximum Gasteiger partial charge on any atom is 0.434 e. The van der Waals surface area contributed by atoms with Crippen molar-refractivity contribution in [3.63, 3.8) is 0 Å². The number of aliphatic imine (C=N–C) groups is 1. The number of thiazole rings is 1. The molecule has 6 nitrogen and oxygen atoms in total. The van der Waals surface area contributed by atoms with Crippen molar-refractivity contribution >= 4 is 28.9 Å². The number of benzene rings is 1. The number of rotatable bonds is 8. The van der Waals surface area contributed by atoms with Gasteiger partial charge in [-0.05, 0) is 31.0 Å². The second kappa shape index (κ2) is 10.8. The van der Waals surface area contributed by atoms with E-state index >= 15 is 0 Å². The highest BCUT2D eigenvalue weighted by molar-refractivity contribution is 7.09. The molecule has 29 heavy (non-hydrogen) atoms. The number of nitrogens with one attached hydrogen (secondary N) is 3. The molecule has 1 heterocycles. The molecule has 2 aromatic rings. The van der Waals surface area contributed by atoms with Crippen LogP contribution >= 0.6 is 11.3 Å². The molecule has 0 aliphatic heterocycles. The van der Waals surface area contributed by atoms with Crippen LogP contribution < -0.4 is 16.0 Å². The molecule has 2 rings (SSSR count). The number of alkyl halides is 3. The summed E-state index contributed by atoms with van der Waals surface area (Å²) in [6, 6.07) is 7.38. The first-order valence-electron chi connectivity index (χ1n) is 9.24. The molecule has 158 valence electrons. The smallest absolute Gasteiger partial charge is 0.357 e. The van der Waals surface area contributed by atoms with Crippen molar-refractivity contribution in [2.45, 2.75) is 46.0 Å². The normalized spacial score (nSPS) is 12.0. The SMILES string of the molecule is CCCC(=O)Nc1cccc(CN=C(NCC)NCc2nc(C(F)(F)F)cs2)c1. The van der Waals surface area contributed by atoms with Crippen LogP contribution in [0.25, 0.3) is 0 Å². The number of carbonyl (C=O) groups excluding carboxylic acids is 1. The Balaban J connectivity index is 1.98. The van der Waals surface area contributed by atoms with Crippen molar-refractivity contribution in [3.8, 4) is 0 Å². The first-order valence-corrected chi connectivity index (χ1v) is 10.1. The minimum absolute atomic E-state index is 0.0372. The lowest BCUT2D eigenvalue weighted by Gasteiger charge is -2.11. The van der Waals surface area contributed by atoms with Crippen LogP contribution in [-0.4, -0.2) is 23.4 Å². The third kappa shape index (κ3) is 7.72. The second-order valence-electron chi connectivity index (χ2n) is 6.17. The molecule has 1 aromatic carbocycles. The highest BCUT2D eigenvalue weighted by Crippen LogP contribution is 2.29. The highest BCUT2D eigenvalue weighted by Gasteiger charge is 2.33. The third-order valence-electron chi connectivity index (χ3n) is 3.70. The van der Waals surface area contributed by atoms with E-state index in [1.54, 1.807) is 0 Å². The molecule has 3 N–H and O–H groups in total. The molecule has 1 aromatic heterocycles. The highest BCUT2D eigenvalue weighted by atomic mass is 32.1. The Morgan fingerprint density at radius 3 is 2.69 bits per heavy atom. The maximum absolute atomic E-state index is 12.6. The van der Waals surface area contributed by atoms with E-state index in [1.165, 1.54) is 0 Å². The molecular formula is C19H24F3N5OS. The topological polar surface area (TPSA) is 78.4 Å². The number of hydrogen-bond donors (Lipinski definition) is 3.